The number of rotatable bonds is 1. The van der Waals surface area contributed by atoms with E-state index in [0.717, 1.165) is 21.5 Å². The summed E-state index contributed by atoms with van der Waals surface area (Å²) in [5.41, 5.74) is 7.27. The van der Waals surface area contributed by atoms with Crippen molar-refractivity contribution in [2.75, 3.05) is 0 Å². The molecule has 0 saturated carbocycles. The molecule has 0 aliphatic carbocycles. The molecule has 5 heteroatoms. The second kappa shape index (κ2) is 3.08. The molecule has 0 aromatic carbocycles. The van der Waals surface area contributed by atoms with Gasteiger partial charge in [-0.3, -0.25) is 0 Å². The van der Waals surface area contributed by atoms with Crippen molar-refractivity contribution in [3.8, 4) is 0 Å². The van der Waals surface area contributed by atoms with E-state index in [4.69, 9.17) is 5.73 Å². The van der Waals surface area contributed by atoms with E-state index >= 15 is 0 Å². The summed E-state index contributed by atoms with van der Waals surface area (Å²) in [4.78, 5) is 8.58. The summed E-state index contributed by atoms with van der Waals surface area (Å²) in [5, 5.41) is 0. The molecule has 2 rings (SSSR count). The smallest absolute Gasteiger partial charge is 0.159 e. The van der Waals surface area contributed by atoms with Gasteiger partial charge in [0, 0.05) is 17.7 Å². The second-order valence-electron chi connectivity index (χ2n) is 2.79. The van der Waals surface area contributed by atoms with Gasteiger partial charge in [-0.1, -0.05) is 0 Å². The third-order valence-electron chi connectivity index (χ3n) is 1.95. The number of hydrogen-bond acceptors (Lipinski definition) is 3. The van der Waals surface area contributed by atoms with Gasteiger partial charge in [-0.2, -0.15) is 0 Å². The van der Waals surface area contributed by atoms with Crippen LogP contribution in [-0.2, 0) is 13.6 Å². The molecule has 4 nitrogen and oxygen atoms in total. The topological polar surface area (TPSA) is 56.7 Å². The summed E-state index contributed by atoms with van der Waals surface area (Å²) in [6.07, 6.45) is 1.75. The van der Waals surface area contributed by atoms with Gasteiger partial charge in [-0.15, -0.1) is 0 Å². The van der Waals surface area contributed by atoms with E-state index < -0.39 is 0 Å². The Morgan fingerprint density at radius 2 is 2.38 bits per heavy atom. The molecular formula is C8H9BrN4. The summed E-state index contributed by atoms with van der Waals surface area (Å²) in [6, 6.07) is 1.93. The fourth-order valence-electron chi connectivity index (χ4n) is 1.28. The lowest BCUT2D eigenvalue weighted by Gasteiger charge is -1.96. The summed E-state index contributed by atoms with van der Waals surface area (Å²) in [7, 11) is 1.92. The van der Waals surface area contributed by atoms with Crippen molar-refractivity contribution in [2.45, 2.75) is 6.54 Å². The van der Waals surface area contributed by atoms with Gasteiger partial charge in [-0.05, 0) is 22.0 Å². The number of aryl methyl sites for hydroxylation is 1. The zero-order valence-electron chi connectivity index (χ0n) is 7.16. The highest BCUT2D eigenvalue weighted by Crippen LogP contribution is 2.16. The van der Waals surface area contributed by atoms with E-state index in [2.05, 4.69) is 25.9 Å². The predicted octanol–water partition coefficient (Wildman–Crippen LogP) is 1.19. The maximum Gasteiger partial charge on any atom is 0.159 e. The minimum Gasteiger partial charge on any atom is -0.324 e. The molecule has 0 bridgehead atoms. The van der Waals surface area contributed by atoms with Crippen molar-refractivity contribution in [1.29, 1.82) is 0 Å². The van der Waals surface area contributed by atoms with Crippen molar-refractivity contribution < 1.29 is 0 Å². The van der Waals surface area contributed by atoms with Gasteiger partial charge in [0.15, 0.2) is 5.65 Å². The first-order valence-corrected chi connectivity index (χ1v) is 4.68. The maximum absolute atomic E-state index is 5.53. The van der Waals surface area contributed by atoms with Crippen LogP contribution in [0.25, 0.3) is 11.2 Å². The quantitative estimate of drug-likeness (QED) is 0.815. The average molecular weight is 241 g/mol. The minimum absolute atomic E-state index is 0.435. The summed E-state index contributed by atoms with van der Waals surface area (Å²) < 4.78 is 2.84. The first-order chi connectivity index (χ1) is 6.22. The molecule has 0 atom stereocenters. The standard InChI is InChI=1S/C8H9BrN4/c1-13-7(3-10)12-6-2-5(9)4-11-8(6)13/h2,4H,3,10H2,1H3. The molecule has 0 aliphatic heterocycles. The van der Waals surface area contributed by atoms with Crippen LogP contribution in [0, 0.1) is 0 Å². The van der Waals surface area contributed by atoms with E-state index in [9.17, 15) is 0 Å². The van der Waals surface area contributed by atoms with Gasteiger partial charge >= 0.3 is 0 Å². The molecule has 2 aromatic rings. The largest absolute Gasteiger partial charge is 0.324 e. The van der Waals surface area contributed by atoms with Crippen LogP contribution in [0.1, 0.15) is 5.82 Å². The summed E-state index contributed by atoms with van der Waals surface area (Å²) in [5.74, 6) is 0.848. The predicted molar refractivity (Wildman–Crippen MR) is 54.1 cm³/mol. The number of halogens is 1. The molecule has 0 unspecified atom stereocenters. The zero-order chi connectivity index (χ0) is 9.42. The lowest BCUT2D eigenvalue weighted by Crippen LogP contribution is -2.04. The van der Waals surface area contributed by atoms with Gasteiger partial charge in [0.25, 0.3) is 0 Å². The third-order valence-corrected chi connectivity index (χ3v) is 2.38. The molecule has 0 saturated heterocycles. The van der Waals surface area contributed by atoms with Crippen molar-refractivity contribution >= 4 is 27.1 Å². The van der Waals surface area contributed by atoms with Crippen LogP contribution in [-0.4, -0.2) is 14.5 Å². The molecule has 0 fully saturated rings. The Hall–Kier alpha value is -0.940. The van der Waals surface area contributed by atoms with Gasteiger partial charge in [0.2, 0.25) is 0 Å². The molecule has 2 N–H and O–H groups in total. The molecule has 0 radical (unpaired) electrons. The normalized spacial score (nSPS) is 11.0. The van der Waals surface area contributed by atoms with Gasteiger partial charge in [0.05, 0.1) is 6.54 Å². The van der Waals surface area contributed by atoms with Gasteiger partial charge < -0.3 is 10.3 Å². The van der Waals surface area contributed by atoms with Crippen LogP contribution in [0.2, 0.25) is 0 Å². The minimum atomic E-state index is 0.435. The monoisotopic (exact) mass is 240 g/mol. The van der Waals surface area contributed by atoms with Crippen molar-refractivity contribution in [3.63, 3.8) is 0 Å². The maximum atomic E-state index is 5.53. The Labute approximate surface area is 83.9 Å². The Morgan fingerprint density at radius 1 is 1.62 bits per heavy atom. The van der Waals surface area contributed by atoms with Gasteiger partial charge in [0.1, 0.15) is 11.3 Å². The molecule has 0 amide bonds. The molecule has 68 valence electrons. The first kappa shape index (κ1) is 8.65. The highest BCUT2D eigenvalue weighted by atomic mass is 79.9. The van der Waals surface area contributed by atoms with Crippen molar-refractivity contribution in [1.82, 2.24) is 14.5 Å². The Morgan fingerprint density at radius 3 is 3.08 bits per heavy atom. The second-order valence-corrected chi connectivity index (χ2v) is 3.70. The Balaban J connectivity index is 2.76. The molecular weight excluding hydrogens is 232 g/mol. The highest BCUT2D eigenvalue weighted by molar-refractivity contribution is 9.10. The van der Waals surface area contributed by atoms with Crippen molar-refractivity contribution in [2.24, 2.45) is 12.8 Å². The lowest BCUT2D eigenvalue weighted by molar-refractivity contribution is 0.806. The number of hydrogen-bond donors (Lipinski definition) is 1. The van der Waals surface area contributed by atoms with E-state index in [1.54, 1.807) is 6.20 Å². The van der Waals surface area contributed by atoms with Crippen LogP contribution < -0.4 is 5.73 Å². The van der Waals surface area contributed by atoms with Crippen LogP contribution >= 0.6 is 15.9 Å². The number of fused-ring (bicyclic) bond motifs is 1. The highest BCUT2D eigenvalue weighted by Gasteiger charge is 2.06. The molecule has 13 heavy (non-hydrogen) atoms. The van der Waals surface area contributed by atoms with E-state index in [-0.39, 0.29) is 0 Å². The molecule has 0 aliphatic rings. The number of nitrogens with two attached hydrogens (primary N) is 1. The lowest BCUT2D eigenvalue weighted by atomic mass is 10.4. The number of pyridine rings is 1. The zero-order valence-corrected chi connectivity index (χ0v) is 8.74. The van der Waals surface area contributed by atoms with E-state index in [1.807, 2.05) is 17.7 Å². The number of imidazole rings is 1. The van der Waals surface area contributed by atoms with Crippen molar-refractivity contribution in [3.05, 3.63) is 22.6 Å². The third kappa shape index (κ3) is 1.34. The van der Waals surface area contributed by atoms with Crippen LogP contribution in [0.4, 0.5) is 0 Å². The Kier molecular flexibility index (Phi) is 2.05. The molecule has 2 heterocycles. The summed E-state index contributed by atoms with van der Waals surface area (Å²) in [6.45, 7) is 0.435. The van der Waals surface area contributed by atoms with Crippen LogP contribution in [0.5, 0.6) is 0 Å². The number of nitrogens with zero attached hydrogens (tertiary/aromatic N) is 3. The molecule has 0 spiro atoms. The van der Waals surface area contributed by atoms with Crippen LogP contribution in [0.3, 0.4) is 0 Å². The molecule has 2 aromatic heterocycles. The SMILES string of the molecule is Cn1c(CN)nc2cc(Br)cnc21. The summed E-state index contributed by atoms with van der Waals surface area (Å²) >= 11 is 3.35. The van der Waals surface area contributed by atoms with E-state index in [0.29, 0.717) is 6.54 Å². The van der Waals surface area contributed by atoms with Gasteiger partial charge in [-0.25, -0.2) is 9.97 Å². The van der Waals surface area contributed by atoms with E-state index in [1.165, 1.54) is 0 Å². The first-order valence-electron chi connectivity index (χ1n) is 3.89. The Bertz CT molecular complexity index is 449. The number of aromatic nitrogens is 3. The fourth-order valence-corrected chi connectivity index (χ4v) is 1.60. The average Bonchev–Trinajstić information content (AvgIpc) is 2.42. The fraction of sp³-hybridized carbons (Fsp3) is 0.250. The van der Waals surface area contributed by atoms with Crippen LogP contribution in [0.15, 0.2) is 16.7 Å².